The predicted octanol–water partition coefficient (Wildman–Crippen LogP) is 2.64. The van der Waals surface area contributed by atoms with Gasteiger partial charge in [-0.2, -0.15) is 5.10 Å². The number of carbonyl (C=O) groups is 1. The molecular formula is C16H17N3O2. The highest BCUT2D eigenvalue weighted by atomic mass is 16.3. The van der Waals surface area contributed by atoms with Crippen LogP contribution in [0.2, 0.25) is 0 Å². The fraction of sp³-hybridized carbons (Fsp3) is 0.250. The van der Waals surface area contributed by atoms with Gasteiger partial charge in [0.25, 0.3) is 0 Å². The van der Waals surface area contributed by atoms with Crippen LogP contribution >= 0.6 is 0 Å². The Morgan fingerprint density at radius 2 is 2.29 bits per heavy atom. The van der Waals surface area contributed by atoms with Crippen LogP contribution in [0.15, 0.2) is 47.2 Å². The van der Waals surface area contributed by atoms with Crippen LogP contribution in [-0.2, 0) is 17.9 Å². The van der Waals surface area contributed by atoms with Gasteiger partial charge in [0.15, 0.2) is 0 Å². The molecule has 2 aromatic heterocycles. The van der Waals surface area contributed by atoms with Crippen molar-refractivity contribution in [1.29, 1.82) is 0 Å². The average Bonchev–Trinajstić information content (AvgIpc) is 3.12. The van der Waals surface area contributed by atoms with Gasteiger partial charge in [-0.3, -0.25) is 9.48 Å². The van der Waals surface area contributed by atoms with Crippen LogP contribution in [0.5, 0.6) is 0 Å². The summed E-state index contributed by atoms with van der Waals surface area (Å²) in [7, 11) is 0. The maximum absolute atomic E-state index is 11.8. The van der Waals surface area contributed by atoms with Crippen molar-refractivity contribution in [3.63, 3.8) is 0 Å². The molecule has 1 amide bonds. The maximum Gasteiger partial charge on any atom is 0.222 e. The molecule has 21 heavy (non-hydrogen) atoms. The zero-order valence-electron chi connectivity index (χ0n) is 11.9. The van der Waals surface area contributed by atoms with Gasteiger partial charge in [-0.15, -0.1) is 0 Å². The van der Waals surface area contributed by atoms with E-state index in [1.165, 1.54) is 5.56 Å². The van der Waals surface area contributed by atoms with Crippen molar-refractivity contribution in [2.75, 3.05) is 0 Å². The Bertz CT molecular complexity index is 744. The Kier molecular flexibility index (Phi) is 3.73. The highest BCUT2D eigenvalue weighted by molar-refractivity contribution is 5.80. The third-order valence-corrected chi connectivity index (χ3v) is 3.39. The number of aryl methyl sites for hydroxylation is 2. The largest absolute Gasteiger partial charge is 0.467 e. The molecule has 5 nitrogen and oxygen atoms in total. The molecule has 108 valence electrons. The molecule has 0 atom stereocenters. The van der Waals surface area contributed by atoms with Gasteiger partial charge in [-0.25, -0.2) is 0 Å². The molecule has 0 spiro atoms. The zero-order chi connectivity index (χ0) is 14.7. The van der Waals surface area contributed by atoms with E-state index >= 15 is 0 Å². The van der Waals surface area contributed by atoms with Crippen molar-refractivity contribution in [1.82, 2.24) is 15.1 Å². The lowest BCUT2D eigenvalue weighted by Gasteiger charge is -2.05. The van der Waals surface area contributed by atoms with E-state index < -0.39 is 0 Å². The Morgan fingerprint density at radius 3 is 3.10 bits per heavy atom. The van der Waals surface area contributed by atoms with Gasteiger partial charge in [-0.05, 0) is 31.2 Å². The Morgan fingerprint density at radius 1 is 1.38 bits per heavy atom. The van der Waals surface area contributed by atoms with Gasteiger partial charge in [0, 0.05) is 11.8 Å². The number of benzene rings is 1. The van der Waals surface area contributed by atoms with Gasteiger partial charge in [0.1, 0.15) is 5.76 Å². The fourth-order valence-electron chi connectivity index (χ4n) is 2.28. The number of rotatable bonds is 5. The summed E-state index contributed by atoms with van der Waals surface area (Å²) >= 11 is 0. The van der Waals surface area contributed by atoms with Gasteiger partial charge < -0.3 is 9.73 Å². The minimum Gasteiger partial charge on any atom is -0.467 e. The lowest BCUT2D eigenvalue weighted by Crippen LogP contribution is -2.23. The molecule has 2 heterocycles. The number of hydrogen-bond acceptors (Lipinski definition) is 3. The van der Waals surface area contributed by atoms with Crippen molar-refractivity contribution in [3.8, 4) is 0 Å². The van der Waals surface area contributed by atoms with Crippen LogP contribution in [0, 0.1) is 6.92 Å². The van der Waals surface area contributed by atoms with Crippen LogP contribution in [0.25, 0.3) is 10.9 Å². The molecule has 3 rings (SSSR count). The van der Waals surface area contributed by atoms with E-state index in [4.69, 9.17) is 4.42 Å². The van der Waals surface area contributed by atoms with E-state index in [-0.39, 0.29) is 5.91 Å². The number of fused-ring (bicyclic) bond motifs is 1. The maximum atomic E-state index is 11.8. The number of nitrogens with zero attached hydrogens (tertiary/aromatic N) is 2. The van der Waals surface area contributed by atoms with Gasteiger partial charge >= 0.3 is 0 Å². The highest BCUT2D eigenvalue weighted by Crippen LogP contribution is 2.15. The lowest BCUT2D eigenvalue weighted by molar-refractivity contribution is -0.121. The van der Waals surface area contributed by atoms with Crippen LogP contribution in [0.4, 0.5) is 0 Å². The molecule has 3 aromatic rings. The molecule has 0 aliphatic rings. The number of nitrogens with one attached hydrogen (secondary N) is 1. The van der Waals surface area contributed by atoms with E-state index in [0.29, 0.717) is 19.5 Å². The molecule has 0 unspecified atom stereocenters. The topological polar surface area (TPSA) is 60.1 Å². The number of hydrogen-bond donors (Lipinski definition) is 1. The second kappa shape index (κ2) is 5.83. The second-order valence-corrected chi connectivity index (χ2v) is 5.04. The summed E-state index contributed by atoms with van der Waals surface area (Å²) in [5.74, 6) is 0.741. The van der Waals surface area contributed by atoms with Crippen molar-refractivity contribution >= 4 is 16.8 Å². The molecule has 0 saturated carbocycles. The monoisotopic (exact) mass is 283 g/mol. The van der Waals surface area contributed by atoms with Gasteiger partial charge in [0.2, 0.25) is 5.91 Å². The highest BCUT2D eigenvalue weighted by Gasteiger charge is 2.06. The Labute approximate surface area is 122 Å². The Balaban J connectivity index is 1.57. The molecule has 1 aromatic carbocycles. The number of amides is 1. The summed E-state index contributed by atoms with van der Waals surface area (Å²) in [6, 6.07) is 9.83. The third kappa shape index (κ3) is 3.13. The number of aromatic nitrogens is 2. The second-order valence-electron chi connectivity index (χ2n) is 5.04. The first-order valence-electron chi connectivity index (χ1n) is 6.93. The fourth-order valence-corrected chi connectivity index (χ4v) is 2.28. The lowest BCUT2D eigenvalue weighted by atomic mass is 10.2. The van der Waals surface area contributed by atoms with E-state index in [1.807, 2.05) is 23.0 Å². The van der Waals surface area contributed by atoms with Gasteiger partial charge in [0.05, 0.1) is 31.1 Å². The third-order valence-electron chi connectivity index (χ3n) is 3.39. The van der Waals surface area contributed by atoms with Crippen molar-refractivity contribution in [2.24, 2.45) is 0 Å². The first-order chi connectivity index (χ1) is 10.2. The molecule has 0 radical (unpaired) electrons. The normalized spacial score (nSPS) is 10.9. The Hall–Kier alpha value is -2.56. The molecule has 1 N–H and O–H groups in total. The first kappa shape index (κ1) is 13.4. The van der Waals surface area contributed by atoms with Crippen LogP contribution in [0.3, 0.4) is 0 Å². The summed E-state index contributed by atoms with van der Waals surface area (Å²) in [6.45, 7) is 3.04. The summed E-state index contributed by atoms with van der Waals surface area (Å²) < 4.78 is 7.03. The standard InChI is InChI=1S/C16H17N3O2/c1-12-4-5-15-13(9-12)10-18-19(15)7-6-16(20)17-11-14-3-2-8-21-14/h2-5,8-10H,6-7,11H2,1H3,(H,17,20). The number of furan rings is 1. The SMILES string of the molecule is Cc1ccc2c(cnn2CCC(=O)NCc2ccco2)c1. The average molecular weight is 283 g/mol. The van der Waals surface area contributed by atoms with E-state index in [9.17, 15) is 4.79 Å². The zero-order valence-corrected chi connectivity index (χ0v) is 11.9. The molecule has 0 aliphatic heterocycles. The molecule has 0 saturated heterocycles. The van der Waals surface area contributed by atoms with E-state index in [0.717, 1.165) is 16.7 Å². The summed E-state index contributed by atoms with van der Waals surface area (Å²) in [4.78, 5) is 11.8. The number of carbonyl (C=O) groups excluding carboxylic acids is 1. The van der Waals surface area contributed by atoms with E-state index in [2.05, 4.69) is 29.5 Å². The minimum absolute atomic E-state index is 0.0119. The van der Waals surface area contributed by atoms with Crippen LogP contribution < -0.4 is 5.32 Å². The molecular weight excluding hydrogens is 266 g/mol. The van der Waals surface area contributed by atoms with Crippen LogP contribution in [0.1, 0.15) is 17.7 Å². The van der Waals surface area contributed by atoms with Crippen molar-refractivity contribution in [2.45, 2.75) is 26.4 Å². The molecule has 0 fully saturated rings. The quantitative estimate of drug-likeness (QED) is 0.783. The summed E-state index contributed by atoms with van der Waals surface area (Å²) in [5.41, 5.74) is 2.26. The first-order valence-corrected chi connectivity index (χ1v) is 6.93. The minimum atomic E-state index is -0.0119. The van der Waals surface area contributed by atoms with E-state index in [1.54, 1.807) is 12.3 Å². The van der Waals surface area contributed by atoms with Crippen molar-refractivity contribution < 1.29 is 9.21 Å². The molecule has 5 heteroatoms. The van der Waals surface area contributed by atoms with Crippen molar-refractivity contribution in [3.05, 3.63) is 54.1 Å². The molecule has 0 aliphatic carbocycles. The summed E-state index contributed by atoms with van der Waals surface area (Å²) in [5, 5.41) is 8.27. The molecule has 0 bridgehead atoms. The predicted molar refractivity (Wildman–Crippen MR) is 79.6 cm³/mol. The summed E-state index contributed by atoms with van der Waals surface area (Å²) in [6.07, 6.45) is 3.83. The smallest absolute Gasteiger partial charge is 0.222 e. The van der Waals surface area contributed by atoms with Crippen LogP contribution in [-0.4, -0.2) is 15.7 Å². The van der Waals surface area contributed by atoms with Gasteiger partial charge in [-0.1, -0.05) is 11.6 Å².